The van der Waals surface area contributed by atoms with Crippen molar-refractivity contribution in [2.75, 3.05) is 18.5 Å². The number of fused-ring (bicyclic) bond motifs is 1. The minimum atomic E-state index is 0.674. The van der Waals surface area contributed by atoms with Gasteiger partial charge in [-0.15, -0.1) is 0 Å². The van der Waals surface area contributed by atoms with Gasteiger partial charge in [0.1, 0.15) is 0 Å². The van der Waals surface area contributed by atoms with Gasteiger partial charge in [-0.25, -0.2) is 0 Å². The Labute approximate surface area is 140 Å². The van der Waals surface area contributed by atoms with Crippen molar-refractivity contribution in [1.29, 1.82) is 0 Å². The van der Waals surface area contributed by atoms with E-state index in [1.165, 1.54) is 0 Å². The fraction of sp³-hybridized carbons (Fsp3) is 0.250. The molecule has 21 heavy (non-hydrogen) atoms. The highest BCUT2D eigenvalue weighted by Crippen LogP contribution is 2.35. The van der Waals surface area contributed by atoms with E-state index in [2.05, 4.69) is 43.2 Å². The lowest BCUT2D eigenvalue weighted by molar-refractivity contribution is 0.296. The standard InChI is InChI=1S/C16H15Br2NO2/c17-12-5-2-6-13(18)15(12)19-10-11-4-1-7-14-16(11)21-9-3-8-20-14/h1-2,4-7,19H,3,8-10H2. The van der Waals surface area contributed by atoms with Crippen molar-refractivity contribution in [1.82, 2.24) is 0 Å². The average Bonchev–Trinajstić information content (AvgIpc) is 2.72. The number of ether oxygens (including phenoxy) is 2. The van der Waals surface area contributed by atoms with Crippen LogP contribution in [0.4, 0.5) is 5.69 Å². The number of nitrogens with one attached hydrogen (secondary N) is 1. The zero-order chi connectivity index (χ0) is 14.7. The van der Waals surface area contributed by atoms with E-state index in [9.17, 15) is 0 Å². The quantitative estimate of drug-likeness (QED) is 0.770. The molecule has 0 aromatic heterocycles. The molecule has 2 aromatic carbocycles. The zero-order valence-corrected chi connectivity index (χ0v) is 14.5. The van der Waals surface area contributed by atoms with Gasteiger partial charge >= 0.3 is 0 Å². The molecule has 0 radical (unpaired) electrons. The molecule has 0 fully saturated rings. The van der Waals surface area contributed by atoms with Crippen LogP contribution in [0.5, 0.6) is 11.5 Å². The van der Waals surface area contributed by atoms with Gasteiger partial charge in [0.2, 0.25) is 0 Å². The van der Waals surface area contributed by atoms with Gasteiger partial charge in [0, 0.05) is 27.5 Å². The van der Waals surface area contributed by atoms with Crippen molar-refractivity contribution >= 4 is 37.5 Å². The number of benzene rings is 2. The molecule has 0 saturated heterocycles. The zero-order valence-electron chi connectivity index (χ0n) is 11.4. The third-order valence-electron chi connectivity index (χ3n) is 3.27. The van der Waals surface area contributed by atoms with Crippen LogP contribution < -0.4 is 14.8 Å². The molecule has 0 atom stereocenters. The number of halogens is 2. The Kier molecular flexibility index (Phi) is 4.70. The minimum absolute atomic E-state index is 0.674. The first kappa shape index (κ1) is 14.7. The Bertz CT molecular complexity index is 626. The van der Waals surface area contributed by atoms with E-state index in [1.54, 1.807) is 0 Å². The van der Waals surface area contributed by atoms with Gasteiger partial charge < -0.3 is 14.8 Å². The number of rotatable bonds is 3. The van der Waals surface area contributed by atoms with Crippen molar-refractivity contribution < 1.29 is 9.47 Å². The second-order valence-corrected chi connectivity index (χ2v) is 6.45. The van der Waals surface area contributed by atoms with E-state index < -0.39 is 0 Å². The maximum atomic E-state index is 5.84. The Hall–Kier alpha value is -1.20. The lowest BCUT2D eigenvalue weighted by atomic mass is 10.1. The van der Waals surface area contributed by atoms with E-state index in [0.29, 0.717) is 19.8 Å². The van der Waals surface area contributed by atoms with Gasteiger partial charge in [0.05, 0.1) is 18.9 Å². The second kappa shape index (κ2) is 6.71. The van der Waals surface area contributed by atoms with Gasteiger partial charge in [-0.2, -0.15) is 0 Å². The highest BCUT2D eigenvalue weighted by atomic mass is 79.9. The predicted octanol–water partition coefficient (Wildman–Crippen LogP) is 4.99. The second-order valence-electron chi connectivity index (χ2n) is 4.75. The fourth-order valence-corrected chi connectivity index (χ4v) is 3.52. The normalized spacial score (nSPS) is 13.6. The summed E-state index contributed by atoms with van der Waals surface area (Å²) in [6.45, 7) is 2.08. The molecule has 1 N–H and O–H groups in total. The van der Waals surface area contributed by atoms with Crippen molar-refractivity contribution in [2.24, 2.45) is 0 Å². The largest absolute Gasteiger partial charge is 0.490 e. The molecule has 3 rings (SSSR count). The molecule has 0 unspecified atom stereocenters. The summed E-state index contributed by atoms with van der Waals surface area (Å²) >= 11 is 7.12. The van der Waals surface area contributed by atoms with Crippen molar-refractivity contribution in [3.8, 4) is 11.5 Å². The SMILES string of the molecule is Brc1cccc(Br)c1NCc1cccc2c1OCCCO2. The predicted molar refractivity (Wildman–Crippen MR) is 91.2 cm³/mol. The van der Waals surface area contributed by atoms with E-state index in [0.717, 1.165) is 38.1 Å². The van der Waals surface area contributed by atoms with Crippen LogP contribution in [0.1, 0.15) is 12.0 Å². The van der Waals surface area contributed by atoms with Crippen LogP contribution in [-0.4, -0.2) is 13.2 Å². The molecule has 0 bridgehead atoms. The molecule has 3 nitrogen and oxygen atoms in total. The van der Waals surface area contributed by atoms with Crippen molar-refractivity contribution in [3.63, 3.8) is 0 Å². The Morgan fingerprint density at radius 2 is 1.67 bits per heavy atom. The van der Waals surface area contributed by atoms with E-state index >= 15 is 0 Å². The van der Waals surface area contributed by atoms with Crippen LogP contribution in [0.25, 0.3) is 0 Å². The molecule has 2 aromatic rings. The lowest BCUT2D eigenvalue weighted by Gasteiger charge is -2.15. The van der Waals surface area contributed by atoms with Crippen LogP contribution in [-0.2, 0) is 6.54 Å². The molecule has 0 saturated carbocycles. The number of para-hydroxylation sites is 2. The van der Waals surface area contributed by atoms with Crippen LogP contribution in [0.3, 0.4) is 0 Å². The summed E-state index contributed by atoms with van der Waals surface area (Å²) in [7, 11) is 0. The summed E-state index contributed by atoms with van der Waals surface area (Å²) in [5.74, 6) is 1.68. The molecule has 110 valence electrons. The first-order chi connectivity index (χ1) is 10.3. The van der Waals surface area contributed by atoms with Gasteiger partial charge in [0.25, 0.3) is 0 Å². The summed E-state index contributed by atoms with van der Waals surface area (Å²) in [6.07, 6.45) is 0.914. The first-order valence-electron chi connectivity index (χ1n) is 6.81. The molecule has 5 heteroatoms. The first-order valence-corrected chi connectivity index (χ1v) is 8.39. The van der Waals surface area contributed by atoms with E-state index in [-0.39, 0.29) is 0 Å². The van der Waals surface area contributed by atoms with Crippen LogP contribution >= 0.6 is 31.9 Å². The maximum Gasteiger partial charge on any atom is 0.166 e. The molecule has 1 aliphatic rings. The lowest BCUT2D eigenvalue weighted by Crippen LogP contribution is -2.04. The smallest absolute Gasteiger partial charge is 0.166 e. The van der Waals surface area contributed by atoms with Gasteiger partial charge in [-0.05, 0) is 50.1 Å². The fourth-order valence-electron chi connectivity index (χ4n) is 2.24. The maximum absolute atomic E-state index is 5.84. The third kappa shape index (κ3) is 3.35. The van der Waals surface area contributed by atoms with Gasteiger partial charge in [0.15, 0.2) is 11.5 Å². The van der Waals surface area contributed by atoms with Crippen molar-refractivity contribution in [2.45, 2.75) is 13.0 Å². The molecular formula is C16H15Br2NO2. The van der Waals surface area contributed by atoms with Crippen LogP contribution in [0.15, 0.2) is 45.3 Å². The van der Waals surface area contributed by atoms with E-state index in [1.807, 2.05) is 30.3 Å². The molecule has 0 amide bonds. The summed E-state index contributed by atoms with van der Waals surface area (Å²) < 4.78 is 13.6. The Balaban J connectivity index is 1.83. The molecule has 0 spiro atoms. The van der Waals surface area contributed by atoms with Gasteiger partial charge in [-0.3, -0.25) is 0 Å². The Morgan fingerprint density at radius 3 is 2.48 bits per heavy atom. The molecule has 0 aliphatic carbocycles. The monoisotopic (exact) mass is 411 g/mol. The molecular weight excluding hydrogens is 398 g/mol. The van der Waals surface area contributed by atoms with E-state index in [4.69, 9.17) is 9.47 Å². The summed E-state index contributed by atoms with van der Waals surface area (Å²) in [5.41, 5.74) is 2.13. The number of hydrogen-bond acceptors (Lipinski definition) is 3. The Morgan fingerprint density at radius 1 is 0.952 bits per heavy atom. The topological polar surface area (TPSA) is 30.5 Å². The summed E-state index contributed by atoms with van der Waals surface area (Å²) in [5, 5.41) is 3.44. The van der Waals surface area contributed by atoms with Crippen LogP contribution in [0.2, 0.25) is 0 Å². The highest BCUT2D eigenvalue weighted by Gasteiger charge is 2.14. The van der Waals surface area contributed by atoms with Gasteiger partial charge in [-0.1, -0.05) is 18.2 Å². The summed E-state index contributed by atoms with van der Waals surface area (Å²) in [4.78, 5) is 0. The molecule has 1 heterocycles. The average molecular weight is 413 g/mol. The minimum Gasteiger partial charge on any atom is -0.490 e. The number of anilines is 1. The van der Waals surface area contributed by atoms with Crippen molar-refractivity contribution in [3.05, 3.63) is 50.9 Å². The highest BCUT2D eigenvalue weighted by molar-refractivity contribution is 9.11. The number of hydrogen-bond donors (Lipinski definition) is 1. The summed E-state index contributed by atoms with van der Waals surface area (Å²) in [6, 6.07) is 12.0. The molecule has 1 aliphatic heterocycles. The third-order valence-corrected chi connectivity index (χ3v) is 4.59. The van der Waals surface area contributed by atoms with Crippen LogP contribution in [0, 0.1) is 0 Å².